The van der Waals surface area contributed by atoms with E-state index in [4.69, 9.17) is 11.6 Å². The van der Waals surface area contributed by atoms with Crippen LogP contribution in [0.3, 0.4) is 0 Å². The maximum atomic E-state index is 9.22. The monoisotopic (exact) mass is 213 g/mol. The molecule has 0 heterocycles. The molecule has 1 unspecified atom stereocenters. The largest absolute Gasteiger partial charge is 0.506 e. The molecule has 1 atom stereocenters. The van der Waals surface area contributed by atoms with Gasteiger partial charge in [0.1, 0.15) is 5.75 Å². The van der Waals surface area contributed by atoms with Crippen LogP contribution in [-0.2, 0) is 0 Å². The summed E-state index contributed by atoms with van der Waals surface area (Å²) in [5.74, 6) is 0.125. The van der Waals surface area contributed by atoms with E-state index in [0.717, 1.165) is 18.5 Å². The first-order chi connectivity index (χ1) is 6.63. The van der Waals surface area contributed by atoms with Crippen molar-refractivity contribution in [2.24, 2.45) is 0 Å². The third kappa shape index (κ3) is 3.11. The second-order valence-electron chi connectivity index (χ2n) is 3.50. The maximum Gasteiger partial charge on any atom is 0.134 e. The van der Waals surface area contributed by atoms with E-state index >= 15 is 0 Å². The molecular formula is C11H16ClNO. The maximum absolute atomic E-state index is 9.22. The van der Waals surface area contributed by atoms with Gasteiger partial charge in [-0.15, -0.1) is 0 Å². The van der Waals surface area contributed by atoms with E-state index < -0.39 is 0 Å². The standard InChI is InChI=1S/C11H16ClNO/c1-3-4-8(2)13-9-5-6-11(14)10(12)7-9/h5-8,13-14H,3-4H2,1-2H3. The fourth-order valence-electron chi connectivity index (χ4n) is 1.39. The lowest BCUT2D eigenvalue weighted by Gasteiger charge is -2.14. The fourth-order valence-corrected chi connectivity index (χ4v) is 1.57. The Morgan fingerprint density at radius 1 is 1.50 bits per heavy atom. The predicted molar refractivity (Wildman–Crippen MR) is 61.1 cm³/mol. The third-order valence-corrected chi connectivity index (χ3v) is 2.39. The number of anilines is 1. The molecule has 2 nitrogen and oxygen atoms in total. The quantitative estimate of drug-likeness (QED) is 0.749. The SMILES string of the molecule is CCCC(C)Nc1ccc(O)c(Cl)c1. The number of phenols is 1. The van der Waals surface area contributed by atoms with Crippen molar-refractivity contribution in [3.05, 3.63) is 23.2 Å². The topological polar surface area (TPSA) is 32.3 Å². The summed E-state index contributed by atoms with van der Waals surface area (Å²) in [6, 6.07) is 5.60. The first kappa shape index (κ1) is 11.2. The van der Waals surface area contributed by atoms with E-state index in [1.807, 2.05) is 6.07 Å². The Morgan fingerprint density at radius 2 is 2.21 bits per heavy atom. The Kier molecular flexibility index (Phi) is 4.08. The van der Waals surface area contributed by atoms with Gasteiger partial charge in [-0.2, -0.15) is 0 Å². The molecule has 1 rings (SSSR count). The highest BCUT2D eigenvalue weighted by atomic mass is 35.5. The summed E-state index contributed by atoms with van der Waals surface area (Å²) >= 11 is 5.78. The molecule has 0 aliphatic rings. The third-order valence-electron chi connectivity index (χ3n) is 2.08. The van der Waals surface area contributed by atoms with Crippen LogP contribution in [0.1, 0.15) is 26.7 Å². The molecule has 0 bridgehead atoms. The lowest BCUT2D eigenvalue weighted by atomic mass is 10.2. The highest BCUT2D eigenvalue weighted by Gasteiger charge is 2.03. The molecule has 0 aliphatic carbocycles. The van der Waals surface area contributed by atoms with Gasteiger partial charge in [-0.3, -0.25) is 0 Å². The highest BCUT2D eigenvalue weighted by molar-refractivity contribution is 6.32. The zero-order valence-corrected chi connectivity index (χ0v) is 9.30. The van der Waals surface area contributed by atoms with Gasteiger partial charge in [0.15, 0.2) is 0 Å². The lowest BCUT2D eigenvalue weighted by molar-refractivity contribution is 0.475. The molecular weight excluding hydrogens is 198 g/mol. The van der Waals surface area contributed by atoms with Gasteiger partial charge in [0, 0.05) is 11.7 Å². The van der Waals surface area contributed by atoms with Gasteiger partial charge in [-0.25, -0.2) is 0 Å². The summed E-state index contributed by atoms with van der Waals surface area (Å²) in [5.41, 5.74) is 0.953. The molecule has 0 aliphatic heterocycles. The number of phenolic OH excluding ortho intramolecular Hbond substituents is 1. The van der Waals surface area contributed by atoms with Crippen LogP contribution in [0.15, 0.2) is 18.2 Å². The van der Waals surface area contributed by atoms with Gasteiger partial charge >= 0.3 is 0 Å². The first-order valence-corrected chi connectivity index (χ1v) is 5.26. The zero-order chi connectivity index (χ0) is 10.6. The summed E-state index contributed by atoms with van der Waals surface area (Å²) in [6.07, 6.45) is 2.28. The van der Waals surface area contributed by atoms with Crippen LogP contribution in [-0.4, -0.2) is 11.1 Å². The lowest BCUT2D eigenvalue weighted by Crippen LogP contribution is -2.14. The Morgan fingerprint density at radius 3 is 2.79 bits per heavy atom. The fraction of sp³-hybridized carbons (Fsp3) is 0.455. The Hall–Kier alpha value is -0.890. The molecule has 0 saturated heterocycles. The van der Waals surface area contributed by atoms with Gasteiger partial charge in [-0.05, 0) is 31.5 Å². The molecule has 0 spiro atoms. The molecule has 2 N–H and O–H groups in total. The number of hydrogen-bond acceptors (Lipinski definition) is 2. The highest BCUT2D eigenvalue weighted by Crippen LogP contribution is 2.26. The molecule has 0 aromatic heterocycles. The molecule has 0 amide bonds. The summed E-state index contributed by atoms with van der Waals surface area (Å²) in [7, 11) is 0. The van der Waals surface area contributed by atoms with Crippen LogP contribution in [0.5, 0.6) is 5.75 Å². The van der Waals surface area contributed by atoms with Gasteiger partial charge in [0.05, 0.1) is 5.02 Å². The Labute approximate surface area is 89.9 Å². The van der Waals surface area contributed by atoms with E-state index in [9.17, 15) is 5.11 Å². The van der Waals surface area contributed by atoms with Crippen molar-refractivity contribution in [1.82, 2.24) is 0 Å². The Balaban J connectivity index is 2.63. The number of aromatic hydroxyl groups is 1. The van der Waals surface area contributed by atoms with Crippen molar-refractivity contribution >= 4 is 17.3 Å². The predicted octanol–water partition coefficient (Wildman–Crippen LogP) is 3.65. The minimum absolute atomic E-state index is 0.125. The van der Waals surface area contributed by atoms with E-state index in [1.54, 1.807) is 12.1 Å². The molecule has 0 saturated carbocycles. The first-order valence-electron chi connectivity index (χ1n) is 4.88. The average molecular weight is 214 g/mol. The minimum atomic E-state index is 0.125. The van der Waals surface area contributed by atoms with Gasteiger partial charge < -0.3 is 10.4 Å². The summed E-state index contributed by atoms with van der Waals surface area (Å²) in [6.45, 7) is 4.28. The van der Waals surface area contributed by atoms with Crippen molar-refractivity contribution in [1.29, 1.82) is 0 Å². The Bertz CT molecular complexity index is 301. The number of nitrogens with one attached hydrogen (secondary N) is 1. The van der Waals surface area contributed by atoms with Crippen molar-refractivity contribution in [3.63, 3.8) is 0 Å². The van der Waals surface area contributed by atoms with Gasteiger partial charge in [-0.1, -0.05) is 24.9 Å². The second kappa shape index (κ2) is 5.11. The molecule has 78 valence electrons. The van der Waals surface area contributed by atoms with E-state index in [2.05, 4.69) is 19.2 Å². The van der Waals surface area contributed by atoms with Gasteiger partial charge in [0.25, 0.3) is 0 Å². The molecule has 1 aromatic carbocycles. The van der Waals surface area contributed by atoms with Crippen LogP contribution in [0.2, 0.25) is 5.02 Å². The van der Waals surface area contributed by atoms with E-state index in [1.165, 1.54) is 0 Å². The molecule has 1 aromatic rings. The zero-order valence-electron chi connectivity index (χ0n) is 8.55. The normalized spacial score (nSPS) is 12.5. The van der Waals surface area contributed by atoms with E-state index in [0.29, 0.717) is 11.1 Å². The van der Waals surface area contributed by atoms with Crippen LogP contribution >= 0.6 is 11.6 Å². The van der Waals surface area contributed by atoms with Crippen LogP contribution in [0.25, 0.3) is 0 Å². The minimum Gasteiger partial charge on any atom is -0.506 e. The van der Waals surface area contributed by atoms with Crippen molar-refractivity contribution in [2.45, 2.75) is 32.7 Å². The van der Waals surface area contributed by atoms with Crippen LogP contribution in [0, 0.1) is 0 Å². The number of hydrogen-bond donors (Lipinski definition) is 2. The number of halogens is 1. The molecule has 0 fully saturated rings. The van der Waals surface area contributed by atoms with Crippen LogP contribution < -0.4 is 5.32 Å². The van der Waals surface area contributed by atoms with Gasteiger partial charge in [0.2, 0.25) is 0 Å². The average Bonchev–Trinajstić information content (AvgIpc) is 2.12. The van der Waals surface area contributed by atoms with Crippen LogP contribution in [0.4, 0.5) is 5.69 Å². The summed E-state index contributed by atoms with van der Waals surface area (Å²) in [5, 5.41) is 12.9. The number of rotatable bonds is 4. The van der Waals surface area contributed by atoms with Crippen molar-refractivity contribution < 1.29 is 5.11 Å². The number of benzene rings is 1. The second-order valence-corrected chi connectivity index (χ2v) is 3.91. The summed E-state index contributed by atoms with van der Waals surface area (Å²) < 4.78 is 0. The molecule has 3 heteroatoms. The van der Waals surface area contributed by atoms with E-state index in [-0.39, 0.29) is 5.75 Å². The molecule has 0 radical (unpaired) electrons. The smallest absolute Gasteiger partial charge is 0.134 e. The van der Waals surface area contributed by atoms with Crippen molar-refractivity contribution in [2.75, 3.05) is 5.32 Å². The van der Waals surface area contributed by atoms with Crippen molar-refractivity contribution in [3.8, 4) is 5.75 Å². The molecule has 14 heavy (non-hydrogen) atoms. The summed E-state index contributed by atoms with van der Waals surface area (Å²) in [4.78, 5) is 0.